The van der Waals surface area contributed by atoms with Gasteiger partial charge in [0.2, 0.25) is 0 Å². The molecule has 0 aromatic heterocycles. The molecular formula is C24H21NO. The summed E-state index contributed by atoms with van der Waals surface area (Å²) in [5.41, 5.74) is 3.74. The summed E-state index contributed by atoms with van der Waals surface area (Å²) < 4.78 is 0. The summed E-state index contributed by atoms with van der Waals surface area (Å²) in [5, 5.41) is 3.00. The average Bonchev–Trinajstić information content (AvgIpc) is 2.72. The highest BCUT2D eigenvalue weighted by Gasteiger charge is 2.09. The van der Waals surface area contributed by atoms with Crippen LogP contribution in [-0.2, 0) is 0 Å². The normalized spacial score (nSPS) is 11.1. The van der Waals surface area contributed by atoms with Gasteiger partial charge in [-0.1, -0.05) is 67.3 Å². The Morgan fingerprint density at radius 2 is 1.35 bits per heavy atom. The molecular weight excluding hydrogens is 318 g/mol. The molecule has 2 heteroatoms. The van der Waals surface area contributed by atoms with E-state index in [-0.39, 0.29) is 11.8 Å². The monoisotopic (exact) mass is 339 g/mol. The van der Waals surface area contributed by atoms with Gasteiger partial charge in [-0.15, -0.1) is 0 Å². The van der Waals surface area contributed by atoms with Gasteiger partial charge in [0.15, 0.2) is 0 Å². The van der Waals surface area contributed by atoms with Crippen molar-refractivity contribution >= 4 is 5.91 Å². The van der Waals surface area contributed by atoms with Crippen molar-refractivity contribution in [3.63, 3.8) is 0 Å². The third-order valence-corrected chi connectivity index (χ3v) is 4.21. The molecule has 26 heavy (non-hydrogen) atoms. The predicted molar refractivity (Wildman–Crippen MR) is 106 cm³/mol. The molecule has 3 rings (SSSR count). The van der Waals surface area contributed by atoms with Crippen LogP contribution in [0.25, 0.3) is 0 Å². The van der Waals surface area contributed by atoms with Crippen molar-refractivity contribution < 1.29 is 4.79 Å². The van der Waals surface area contributed by atoms with Crippen LogP contribution in [0.5, 0.6) is 0 Å². The van der Waals surface area contributed by atoms with Gasteiger partial charge in [-0.25, -0.2) is 0 Å². The summed E-state index contributed by atoms with van der Waals surface area (Å²) in [6.45, 7) is 2.72. The van der Waals surface area contributed by atoms with Gasteiger partial charge in [0.25, 0.3) is 5.91 Å². The number of hydrogen-bond donors (Lipinski definition) is 1. The molecule has 0 fully saturated rings. The number of carbonyl (C=O) groups excluding carboxylic acids is 1. The van der Waals surface area contributed by atoms with Crippen LogP contribution in [0.2, 0.25) is 0 Å². The number of nitrogens with one attached hydrogen (secondary N) is 1. The van der Waals surface area contributed by atoms with Gasteiger partial charge in [0.05, 0.1) is 0 Å². The van der Waals surface area contributed by atoms with E-state index in [0.29, 0.717) is 12.1 Å². The highest BCUT2D eigenvalue weighted by molar-refractivity contribution is 5.94. The van der Waals surface area contributed by atoms with Gasteiger partial charge in [0, 0.05) is 23.2 Å². The first kappa shape index (κ1) is 17.5. The number of benzene rings is 3. The van der Waals surface area contributed by atoms with E-state index in [1.54, 1.807) is 0 Å². The Labute approximate surface area is 154 Å². The first-order valence-electron chi connectivity index (χ1n) is 8.72. The second kappa shape index (κ2) is 8.69. The molecule has 128 valence electrons. The van der Waals surface area contributed by atoms with Crippen LogP contribution in [-0.4, -0.2) is 12.5 Å². The van der Waals surface area contributed by atoms with Gasteiger partial charge in [-0.2, -0.15) is 0 Å². The SMILES string of the molecule is C[C@@H](CNC(=O)c1ccc(C#Cc2ccccc2)cc1)c1ccccc1. The Hall–Kier alpha value is -3.31. The molecule has 0 unspecified atom stereocenters. The lowest BCUT2D eigenvalue weighted by Crippen LogP contribution is -2.27. The molecule has 0 heterocycles. The molecule has 0 saturated carbocycles. The van der Waals surface area contributed by atoms with Crippen LogP contribution in [0.4, 0.5) is 0 Å². The predicted octanol–water partition coefficient (Wildman–Crippen LogP) is 4.62. The van der Waals surface area contributed by atoms with Crippen molar-refractivity contribution in [3.8, 4) is 11.8 Å². The van der Waals surface area contributed by atoms with Gasteiger partial charge >= 0.3 is 0 Å². The van der Waals surface area contributed by atoms with E-state index in [0.717, 1.165) is 11.1 Å². The molecule has 1 N–H and O–H groups in total. The molecule has 3 aromatic rings. The van der Waals surface area contributed by atoms with E-state index >= 15 is 0 Å². The Bertz CT molecular complexity index is 903. The first-order chi connectivity index (χ1) is 12.7. The maximum atomic E-state index is 12.3. The highest BCUT2D eigenvalue weighted by atomic mass is 16.1. The van der Waals surface area contributed by atoms with Crippen LogP contribution < -0.4 is 5.32 Å². The summed E-state index contributed by atoms with van der Waals surface area (Å²) in [7, 11) is 0. The Morgan fingerprint density at radius 3 is 1.96 bits per heavy atom. The number of carbonyl (C=O) groups is 1. The third-order valence-electron chi connectivity index (χ3n) is 4.21. The number of rotatable bonds is 4. The van der Waals surface area contributed by atoms with Gasteiger partial charge in [-0.3, -0.25) is 4.79 Å². The van der Waals surface area contributed by atoms with E-state index in [1.165, 1.54) is 5.56 Å². The lowest BCUT2D eigenvalue weighted by molar-refractivity contribution is 0.0951. The minimum absolute atomic E-state index is 0.0599. The second-order valence-electron chi connectivity index (χ2n) is 6.22. The highest BCUT2D eigenvalue weighted by Crippen LogP contribution is 2.13. The zero-order valence-corrected chi connectivity index (χ0v) is 14.8. The Kier molecular flexibility index (Phi) is 5.85. The first-order valence-corrected chi connectivity index (χ1v) is 8.72. The fourth-order valence-corrected chi connectivity index (χ4v) is 2.62. The van der Waals surface area contributed by atoms with Crippen LogP contribution in [0, 0.1) is 11.8 Å². The summed E-state index contributed by atoms with van der Waals surface area (Å²) in [6, 6.07) is 27.4. The Balaban J connectivity index is 1.58. The van der Waals surface area contributed by atoms with Crippen molar-refractivity contribution in [2.75, 3.05) is 6.54 Å². The second-order valence-corrected chi connectivity index (χ2v) is 6.22. The minimum atomic E-state index is -0.0599. The Morgan fingerprint density at radius 1 is 0.808 bits per heavy atom. The molecule has 2 nitrogen and oxygen atoms in total. The van der Waals surface area contributed by atoms with Gasteiger partial charge in [-0.05, 0) is 47.9 Å². The van der Waals surface area contributed by atoms with Crippen LogP contribution >= 0.6 is 0 Å². The maximum absolute atomic E-state index is 12.3. The lowest BCUT2D eigenvalue weighted by Gasteiger charge is -2.13. The molecule has 3 aromatic carbocycles. The molecule has 0 aliphatic heterocycles. The summed E-state index contributed by atoms with van der Waals surface area (Å²) >= 11 is 0. The maximum Gasteiger partial charge on any atom is 0.251 e. The van der Waals surface area contributed by atoms with Crippen LogP contribution in [0.3, 0.4) is 0 Å². The number of hydrogen-bond acceptors (Lipinski definition) is 1. The van der Waals surface area contributed by atoms with Crippen molar-refractivity contribution in [1.29, 1.82) is 0 Å². The minimum Gasteiger partial charge on any atom is -0.351 e. The van der Waals surface area contributed by atoms with E-state index in [2.05, 4.69) is 36.2 Å². The molecule has 0 radical (unpaired) electrons. The smallest absolute Gasteiger partial charge is 0.251 e. The quantitative estimate of drug-likeness (QED) is 0.691. The fraction of sp³-hybridized carbons (Fsp3) is 0.125. The standard InChI is InChI=1S/C24H21NO/c1-19(22-10-6-3-7-11-22)18-25-24(26)23-16-14-21(15-17-23)13-12-20-8-4-2-5-9-20/h2-11,14-17,19H,18H2,1H3,(H,25,26)/t19-/m0/s1. The largest absolute Gasteiger partial charge is 0.351 e. The van der Waals surface area contributed by atoms with Crippen molar-refractivity contribution in [3.05, 3.63) is 107 Å². The van der Waals surface area contributed by atoms with Gasteiger partial charge < -0.3 is 5.32 Å². The summed E-state index contributed by atoms with van der Waals surface area (Å²) in [5.74, 6) is 6.45. The molecule has 1 amide bonds. The van der Waals surface area contributed by atoms with Crippen molar-refractivity contribution in [2.45, 2.75) is 12.8 Å². The topological polar surface area (TPSA) is 29.1 Å². The van der Waals surface area contributed by atoms with Gasteiger partial charge in [0.1, 0.15) is 0 Å². The molecule has 0 aliphatic rings. The van der Waals surface area contributed by atoms with Crippen molar-refractivity contribution in [1.82, 2.24) is 5.32 Å². The summed E-state index contributed by atoms with van der Waals surface area (Å²) in [4.78, 5) is 12.3. The number of amides is 1. The van der Waals surface area contributed by atoms with Crippen molar-refractivity contribution in [2.24, 2.45) is 0 Å². The van der Waals surface area contributed by atoms with E-state index in [4.69, 9.17) is 0 Å². The molecule has 0 bridgehead atoms. The molecule has 0 saturated heterocycles. The van der Waals surface area contributed by atoms with E-state index in [1.807, 2.05) is 72.8 Å². The molecule has 1 atom stereocenters. The van der Waals surface area contributed by atoms with E-state index < -0.39 is 0 Å². The lowest BCUT2D eigenvalue weighted by atomic mass is 10.0. The molecule has 0 spiro atoms. The van der Waals surface area contributed by atoms with E-state index in [9.17, 15) is 4.79 Å². The zero-order chi connectivity index (χ0) is 18.2. The third kappa shape index (κ3) is 4.84. The zero-order valence-electron chi connectivity index (χ0n) is 14.8. The fourth-order valence-electron chi connectivity index (χ4n) is 2.62. The average molecular weight is 339 g/mol. The van der Waals surface area contributed by atoms with Crippen LogP contribution in [0.1, 0.15) is 39.9 Å². The van der Waals surface area contributed by atoms with Crippen LogP contribution in [0.15, 0.2) is 84.9 Å². The molecule has 0 aliphatic carbocycles. The summed E-state index contributed by atoms with van der Waals surface area (Å²) in [6.07, 6.45) is 0.